The van der Waals surface area contributed by atoms with Crippen LogP contribution >= 0.6 is 0 Å². The molecule has 1 atom stereocenters. The van der Waals surface area contributed by atoms with Crippen molar-refractivity contribution < 1.29 is 19.8 Å². The number of hydrogen-bond donors (Lipinski definition) is 2. The van der Waals surface area contributed by atoms with Crippen LogP contribution < -0.4 is 0 Å². The van der Waals surface area contributed by atoms with Crippen molar-refractivity contribution in [3.8, 4) is 0 Å². The number of likely N-dealkylation sites (tertiary alicyclic amines) is 1. The molecular weight excluding hydrogens is 318 g/mol. The Morgan fingerprint density at radius 3 is 2.28 bits per heavy atom. The third kappa shape index (κ3) is 3.06. The van der Waals surface area contributed by atoms with Crippen molar-refractivity contribution in [2.75, 3.05) is 13.2 Å². The van der Waals surface area contributed by atoms with Gasteiger partial charge in [0.2, 0.25) is 0 Å². The van der Waals surface area contributed by atoms with Crippen molar-refractivity contribution >= 4 is 17.4 Å². The molecule has 0 radical (unpaired) electrons. The average Bonchev–Trinajstić information content (AvgIpc) is 2.88. The van der Waals surface area contributed by atoms with E-state index in [1.165, 1.54) is 4.90 Å². The lowest BCUT2D eigenvalue weighted by molar-refractivity contribution is -0.140. The van der Waals surface area contributed by atoms with Crippen LogP contribution in [0, 0.1) is 6.92 Å². The van der Waals surface area contributed by atoms with E-state index in [1.807, 2.05) is 31.2 Å². The van der Waals surface area contributed by atoms with Gasteiger partial charge in [-0.1, -0.05) is 60.2 Å². The topological polar surface area (TPSA) is 77.8 Å². The fourth-order valence-electron chi connectivity index (χ4n) is 3.07. The largest absolute Gasteiger partial charge is 0.507 e. The number of ketones is 1. The molecule has 1 aliphatic rings. The number of amides is 1. The summed E-state index contributed by atoms with van der Waals surface area (Å²) >= 11 is 0. The van der Waals surface area contributed by atoms with Gasteiger partial charge >= 0.3 is 0 Å². The molecule has 1 amide bonds. The Labute approximate surface area is 145 Å². The molecule has 1 aliphatic heterocycles. The van der Waals surface area contributed by atoms with Crippen LogP contribution in [0.25, 0.3) is 5.76 Å². The summed E-state index contributed by atoms with van der Waals surface area (Å²) in [6.45, 7) is 1.70. The van der Waals surface area contributed by atoms with E-state index in [0.717, 1.165) is 11.1 Å². The zero-order valence-electron chi connectivity index (χ0n) is 13.8. The summed E-state index contributed by atoms with van der Waals surface area (Å²) in [6, 6.07) is 15.4. The zero-order valence-corrected chi connectivity index (χ0v) is 13.8. The molecule has 0 aliphatic carbocycles. The molecule has 0 unspecified atom stereocenters. The zero-order chi connectivity index (χ0) is 18.0. The SMILES string of the molecule is Cc1ccc([C@@H]2/C(=C(\O)c3ccccc3)C(=O)C(=O)N2CCO)cc1. The van der Waals surface area contributed by atoms with Crippen LogP contribution in [0.5, 0.6) is 0 Å². The smallest absolute Gasteiger partial charge is 0.295 e. The minimum absolute atomic E-state index is 0.0225. The molecular formula is C20H19NO4. The molecule has 0 saturated carbocycles. The Bertz CT molecular complexity index is 825. The maximum atomic E-state index is 12.6. The van der Waals surface area contributed by atoms with Gasteiger partial charge in [0.1, 0.15) is 5.76 Å². The number of aryl methyl sites for hydroxylation is 1. The van der Waals surface area contributed by atoms with Crippen LogP contribution in [0.3, 0.4) is 0 Å². The van der Waals surface area contributed by atoms with E-state index < -0.39 is 17.7 Å². The summed E-state index contributed by atoms with van der Waals surface area (Å²) in [5.74, 6) is -1.65. The Kier molecular flexibility index (Phi) is 4.67. The summed E-state index contributed by atoms with van der Waals surface area (Å²) in [7, 11) is 0. The standard InChI is InChI=1S/C20H19NO4/c1-13-7-9-14(10-8-13)17-16(18(23)15-5-3-2-4-6-15)19(24)20(25)21(17)11-12-22/h2-10,17,22-23H,11-12H2,1H3/b18-16+/t17-/m1/s1. The summed E-state index contributed by atoms with van der Waals surface area (Å²) in [4.78, 5) is 26.3. The van der Waals surface area contributed by atoms with Gasteiger partial charge in [0.15, 0.2) is 0 Å². The fraction of sp³-hybridized carbons (Fsp3) is 0.200. The molecule has 1 fully saturated rings. The number of rotatable bonds is 4. The maximum absolute atomic E-state index is 12.6. The van der Waals surface area contributed by atoms with Crippen molar-refractivity contribution in [1.82, 2.24) is 4.90 Å². The number of aliphatic hydroxyl groups excluding tert-OH is 2. The van der Waals surface area contributed by atoms with E-state index in [9.17, 15) is 19.8 Å². The highest BCUT2D eigenvalue weighted by atomic mass is 16.3. The summed E-state index contributed by atoms with van der Waals surface area (Å²) < 4.78 is 0. The van der Waals surface area contributed by atoms with Crippen molar-refractivity contribution in [3.63, 3.8) is 0 Å². The van der Waals surface area contributed by atoms with Crippen LogP contribution in [0.2, 0.25) is 0 Å². The Morgan fingerprint density at radius 1 is 1.04 bits per heavy atom. The number of aliphatic hydroxyl groups is 2. The molecule has 0 aromatic heterocycles. The molecule has 0 spiro atoms. The first kappa shape index (κ1) is 16.9. The highest BCUT2D eigenvalue weighted by Crippen LogP contribution is 2.39. The molecule has 2 N–H and O–H groups in total. The number of benzene rings is 2. The number of hydrogen-bond acceptors (Lipinski definition) is 4. The second-order valence-corrected chi connectivity index (χ2v) is 5.99. The summed E-state index contributed by atoms with van der Waals surface area (Å²) in [5.41, 5.74) is 2.29. The highest BCUT2D eigenvalue weighted by molar-refractivity contribution is 6.46. The second-order valence-electron chi connectivity index (χ2n) is 5.99. The first-order valence-electron chi connectivity index (χ1n) is 8.06. The molecule has 1 heterocycles. The third-order valence-electron chi connectivity index (χ3n) is 4.32. The normalized spacial score (nSPS) is 19.4. The van der Waals surface area contributed by atoms with E-state index in [-0.39, 0.29) is 24.5 Å². The second kappa shape index (κ2) is 6.91. The van der Waals surface area contributed by atoms with Gasteiger partial charge in [-0.15, -0.1) is 0 Å². The first-order chi connectivity index (χ1) is 12.0. The van der Waals surface area contributed by atoms with Crippen molar-refractivity contribution in [2.45, 2.75) is 13.0 Å². The number of nitrogens with zero attached hydrogens (tertiary/aromatic N) is 1. The Morgan fingerprint density at radius 2 is 1.68 bits per heavy atom. The van der Waals surface area contributed by atoms with Crippen LogP contribution in [0.4, 0.5) is 0 Å². The minimum Gasteiger partial charge on any atom is -0.507 e. The van der Waals surface area contributed by atoms with E-state index in [2.05, 4.69) is 0 Å². The van der Waals surface area contributed by atoms with Gasteiger partial charge in [0.05, 0.1) is 18.2 Å². The van der Waals surface area contributed by atoms with Crippen LogP contribution in [0.1, 0.15) is 22.7 Å². The molecule has 25 heavy (non-hydrogen) atoms. The van der Waals surface area contributed by atoms with Gasteiger partial charge in [-0.05, 0) is 12.5 Å². The maximum Gasteiger partial charge on any atom is 0.295 e. The van der Waals surface area contributed by atoms with Gasteiger partial charge in [-0.25, -0.2) is 0 Å². The molecule has 2 aromatic rings. The van der Waals surface area contributed by atoms with E-state index in [4.69, 9.17) is 0 Å². The molecule has 3 rings (SSSR count). The Hall–Kier alpha value is -2.92. The molecule has 5 heteroatoms. The van der Waals surface area contributed by atoms with E-state index >= 15 is 0 Å². The van der Waals surface area contributed by atoms with Crippen LogP contribution in [-0.4, -0.2) is 40.0 Å². The number of Topliss-reactive ketones (excluding diaryl/α,β-unsaturated/α-hetero) is 1. The number of β-amino-alcohol motifs (C(OH)–C–C–N with tert-alkyl or cyclic N) is 1. The fourth-order valence-corrected chi connectivity index (χ4v) is 3.07. The quantitative estimate of drug-likeness (QED) is 0.510. The molecule has 128 valence electrons. The van der Waals surface area contributed by atoms with E-state index in [0.29, 0.717) is 5.56 Å². The van der Waals surface area contributed by atoms with Crippen molar-refractivity contribution in [1.29, 1.82) is 0 Å². The number of carbonyl (C=O) groups excluding carboxylic acids is 2. The lowest BCUT2D eigenvalue weighted by Gasteiger charge is -2.24. The minimum atomic E-state index is -0.736. The molecule has 1 saturated heterocycles. The van der Waals surface area contributed by atoms with Gasteiger partial charge < -0.3 is 15.1 Å². The van der Waals surface area contributed by atoms with Crippen molar-refractivity contribution in [2.24, 2.45) is 0 Å². The molecule has 0 bridgehead atoms. The summed E-state index contributed by atoms with van der Waals surface area (Å²) in [5, 5.41) is 20.0. The van der Waals surface area contributed by atoms with Gasteiger partial charge in [-0.3, -0.25) is 9.59 Å². The van der Waals surface area contributed by atoms with Crippen molar-refractivity contribution in [3.05, 3.63) is 76.9 Å². The van der Waals surface area contributed by atoms with Gasteiger partial charge in [0.25, 0.3) is 11.7 Å². The lowest BCUT2D eigenvalue weighted by Crippen LogP contribution is -2.32. The average molecular weight is 337 g/mol. The highest BCUT2D eigenvalue weighted by Gasteiger charge is 2.45. The van der Waals surface area contributed by atoms with Gasteiger partial charge in [-0.2, -0.15) is 0 Å². The van der Waals surface area contributed by atoms with Crippen LogP contribution in [0.15, 0.2) is 60.2 Å². The summed E-state index contributed by atoms with van der Waals surface area (Å²) in [6.07, 6.45) is 0. The number of carbonyl (C=O) groups is 2. The predicted molar refractivity (Wildman–Crippen MR) is 93.7 cm³/mol. The third-order valence-corrected chi connectivity index (χ3v) is 4.32. The van der Waals surface area contributed by atoms with Gasteiger partial charge in [0, 0.05) is 12.1 Å². The van der Waals surface area contributed by atoms with Crippen LogP contribution in [-0.2, 0) is 9.59 Å². The first-order valence-corrected chi connectivity index (χ1v) is 8.06. The lowest BCUT2D eigenvalue weighted by atomic mass is 9.95. The Balaban J connectivity index is 2.18. The predicted octanol–water partition coefficient (Wildman–Crippen LogP) is 2.41. The van der Waals surface area contributed by atoms with E-state index in [1.54, 1.807) is 30.3 Å². The molecule has 2 aromatic carbocycles. The molecule has 5 nitrogen and oxygen atoms in total. The monoisotopic (exact) mass is 337 g/mol.